The Morgan fingerprint density at radius 1 is 1.04 bits per heavy atom. The highest BCUT2D eigenvalue weighted by molar-refractivity contribution is 6.34. The predicted octanol–water partition coefficient (Wildman–Crippen LogP) is 3.89. The third kappa shape index (κ3) is 7.30. The van der Waals surface area contributed by atoms with Crippen LogP contribution in [0.25, 0.3) is 22.4 Å². The first-order chi connectivity index (χ1) is 25.1. The molecule has 13 nitrogen and oxygen atoms in total. The number of hydrogen-bond acceptors (Lipinski definition) is 7. The Bertz CT molecular complexity index is 2070. The fourth-order valence-electron chi connectivity index (χ4n) is 7.45. The number of nitrogens with one attached hydrogen (secondary N) is 1. The maximum Gasteiger partial charge on any atom is 0.291 e. The van der Waals surface area contributed by atoms with Gasteiger partial charge in [-0.2, -0.15) is 5.10 Å². The summed E-state index contributed by atoms with van der Waals surface area (Å²) >= 11 is 6.53. The minimum atomic E-state index is -1.09. The number of quaternary nitrogens is 1. The minimum absolute atomic E-state index is 0.0181. The molecule has 4 heterocycles. The van der Waals surface area contributed by atoms with Crippen molar-refractivity contribution in [1.82, 2.24) is 29.1 Å². The molecule has 0 aliphatic carbocycles. The number of aliphatic hydroxyl groups excluding tert-OH is 1. The molecule has 2 aromatic carbocycles. The number of rotatable bonds is 9. The van der Waals surface area contributed by atoms with Crippen LogP contribution in [-0.4, -0.2) is 129 Å². The molecule has 4 aromatic rings. The largest absolute Gasteiger partial charge is 0.387 e. The summed E-state index contributed by atoms with van der Waals surface area (Å²) in [7, 11) is 6.98. The Morgan fingerprint density at radius 3 is 2.34 bits per heavy atom. The van der Waals surface area contributed by atoms with Crippen LogP contribution in [-0.2, 0) is 23.1 Å². The number of ether oxygens (including phenoxy) is 1. The van der Waals surface area contributed by atoms with Crippen LogP contribution in [0, 0.1) is 25.5 Å². The summed E-state index contributed by atoms with van der Waals surface area (Å²) in [4.78, 5) is 47.5. The average Bonchev–Trinajstić information content (AvgIpc) is 3.74. The zero-order chi connectivity index (χ0) is 38.4. The molecule has 2 N–H and O–H groups in total. The third-order valence-corrected chi connectivity index (χ3v) is 10.7. The number of likely N-dealkylation sites (N-methyl/N-ethyl adjacent to an activating group) is 1. The first-order valence-electron chi connectivity index (χ1n) is 17.4. The molecule has 0 unspecified atom stereocenters. The van der Waals surface area contributed by atoms with Crippen molar-refractivity contribution in [2.75, 3.05) is 65.9 Å². The van der Waals surface area contributed by atoms with Gasteiger partial charge < -0.3 is 34.0 Å². The molecule has 3 amide bonds. The van der Waals surface area contributed by atoms with Gasteiger partial charge >= 0.3 is 0 Å². The van der Waals surface area contributed by atoms with E-state index in [2.05, 4.69) is 15.4 Å². The molecule has 0 spiro atoms. The Morgan fingerprint density at radius 2 is 1.70 bits per heavy atom. The molecular weight excluding hydrogens is 710 g/mol. The van der Waals surface area contributed by atoms with E-state index in [0.717, 1.165) is 0 Å². The Kier molecular flexibility index (Phi) is 10.7. The van der Waals surface area contributed by atoms with E-state index >= 15 is 8.78 Å². The van der Waals surface area contributed by atoms with Gasteiger partial charge in [0.2, 0.25) is 0 Å². The number of hydrogen-bond donors (Lipinski definition) is 2. The summed E-state index contributed by atoms with van der Waals surface area (Å²) in [5.41, 5.74) is 2.47. The van der Waals surface area contributed by atoms with E-state index in [-0.39, 0.29) is 51.1 Å². The fourth-order valence-corrected chi connectivity index (χ4v) is 7.71. The van der Waals surface area contributed by atoms with E-state index in [1.165, 1.54) is 42.1 Å². The quantitative estimate of drug-likeness (QED) is 0.248. The molecule has 2 aliphatic rings. The summed E-state index contributed by atoms with van der Waals surface area (Å²) < 4.78 is 39.9. The number of amides is 3. The summed E-state index contributed by atoms with van der Waals surface area (Å²) in [5, 5.41) is 17.4. The molecule has 2 fully saturated rings. The van der Waals surface area contributed by atoms with Gasteiger partial charge in [0, 0.05) is 74.8 Å². The number of piperazine rings is 1. The first-order valence-corrected chi connectivity index (χ1v) is 17.7. The zero-order valence-electron chi connectivity index (χ0n) is 30.6. The Hall–Kier alpha value is -4.70. The van der Waals surface area contributed by atoms with Crippen LogP contribution >= 0.6 is 11.6 Å². The van der Waals surface area contributed by atoms with Gasteiger partial charge in [0.25, 0.3) is 17.7 Å². The number of anilines is 1. The lowest BCUT2D eigenvalue weighted by molar-refractivity contribution is -0.894. The highest BCUT2D eigenvalue weighted by Crippen LogP contribution is 2.35. The van der Waals surface area contributed by atoms with Gasteiger partial charge in [0.05, 0.1) is 55.4 Å². The van der Waals surface area contributed by atoms with Gasteiger partial charge in [-0.3, -0.25) is 19.1 Å². The van der Waals surface area contributed by atoms with Gasteiger partial charge in [0.1, 0.15) is 12.6 Å². The van der Waals surface area contributed by atoms with E-state index in [1.54, 1.807) is 41.5 Å². The van der Waals surface area contributed by atoms with E-state index in [9.17, 15) is 19.5 Å². The number of methoxy groups -OCH3 is 1. The van der Waals surface area contributed by atoms with Crippen LogP contribution in [0.4, 0.5) is 14.5 Å². The second-order valence-electron chi connectivity index (χ2n) is 14.2. The number of likely N-dealkylation sites (tertiary alicyclic amines) is 1. The summed E-state index contributed by atoms with van der Waals surface area (Å²) in [6.07, 6.45) is 1.20. The van der Waals surface area contributed by atoms with Gasteiger partial charge in [-0.05, 0) is 38.1 Å². The number of aryl methyl sites for hydroxylation is 1. The van der Waals surface area contributed by atoms with Crippen molar-refractivity contribution < 1.29 is 37.5 Å². The lowest BCUT2D eigenvalue weighted by Crippen LogP contribution is -2.58. The summed E-state index contributed by atoms with van der Waals surface area (Å²) in [6, 6.07) is 7.14. The van der Waals surface area contributed by atoms with E-state index in [1.807, 2.05) is 14.1 Å². The van der Waals surface area contributed by atoms with Crippen molar-refractivity contribution in [2.45, 2.75) is 39.0 Å². The first kappa shape index (κ1) is 38.0. The van der Waals surface area contributed by atoms with Crippen molar-refractivity contribution in [3.05, 3.63) is 76.0 Å². The topological polar surface area (TPSA) is 135 Å². The highest BCUT2D eigenvalue weighted by Gasteiger charge is 2.46. The van der Waals surface area contributed by atoms with Crippen molar-refractivity contribution >= 4 is 35.0 Å². The molecule has 16 heteroatoms. The SMILES string of the molecule is COCCn1nc(C)c(-c2ccc(-c3cnc(C(=O)Nc4ccc(C(=O)N5CCN(C(=O)[C@@H]6C[C@@H](O)C[N+]6(C)C)CC5)c(Cl)c4)n3C)c(F)c2F)c1C. The van der Waals surface area contributed by atoms with Crippen LogP contribution in [0.1, 0.15) is 38.8 Å². The number of imidazole rings is 1. The van der Waals surface area contributed by atoms with Crippen LogP contribution in [0.5, 0.6) is 0 Å². The van der Waals surface area contributed by atoms with E-state index < -0.39 is 23.6 Å². The molecule has 2 aliphatic heterocycles. The van der Waals surface area contributed by atoms with Gasteiger partial charge in [-0.1, -0.05) is 17.7 Å². The van der Waals surface area contributed by atoms with E-state index in [4.69, 9.17) is 16.3 Å². The number of carbonyl (C=O) groups excluding carboxylic acids is 3. The van der Waals surface area contributed by atoms with Crippen molar-refractivity contribution in [3.8, 4) is 22.4 Å². The van der Waals surface area contributed by atoms with Crippen molar-refractivity contribution in [3.63, 3.8) is 0 Å². The fraction of sp³-hybridized carbons (Fsp3) is 0.432. The Balaban J connectivity index is 1.11. The standard InChI is InChI=1S/C37H43ClF2N8O5/c1-21-31(22(2)47(43-21)15-16-53-6)27-10-9-26(32(39)33(27)40)29-19-41-34(44(29)3)35(50)42-23-7-8-25(28(38)17-23)36(51)45-11-13-46(14-12-45)37(52)30-18-24(49)20-48(30,4)5/h7-10,17,19,24,30,49H,11-16,18,20H2,1-6H3/p+1/t24-,30+/m1/s1. The molecule has 2 atom stereocenters. The number of aromatic nitrogens is 4. The minimum Gasteiger partial charge on any atom is -0.387 e. The molecule has 2 saturated heterocycles. The lowest BCUT2D eigenvalue weighted by atomic mass is 10.00. The molecule has 6 rings (SSSR count). The second kappa shape index (κ2) is 15.0. The van der Waals surface area contributed by atoms with Crippen molar-refractivity contribution in [2.24, 2.45) is 7.05 Å². The van der Waals surface area contributed by atoms with Gasteiger partial charge in [0.15, 0.2) is 23.5 Å². The highest BCUT2D eigenvalue weighted by atomic mass is 35.5. The van der Waals surface area contributed by atoms with Gasteiger partial charge in [-0.25, -0.2) is 13.8 Å². The number of aliphatic hydroxyl groups is 1. The Labute approximate surface area is 311 Å². The van der Waals surface area contributed by atoms with Crippen molar-refractivity contribution in [1.29, 1.82) is 0 Å². The van der Waals surface area contributed by atoms with E-state index in [0.29, 0.717) is 79.4 Å². The number of nitrogens with zero attached hydrogens (tertiary/aromatic N) is 7. The summed E-state index contributed by atoms with van der Waals surface area (Å²) in [5.74, 6) is -3.13. The second-order valence-corrected chi connectivity index (χ2v) is 14.6. The molecular formula is C37H44ClF2N8O5+. The number of halogens is 3. The third-order valence-electron chi connectivity index (χ3n) is 10.3. The monoisotopic (exact) mass is 753 g/mol. The molecule has 282 valence electrons. The van der Waals surface area contributed by atoms with Crippen LogP contribution in [0.2, 0.25) is 5.02 Å². The molecule has 53 heavy (non-hydrogen) atoms. The molecule has 0 saturated carbocycles. The van der Waals surface area contributed by atoms with Gasteiger partial charge in [-0.15, -0.1) is 0 Å². The average molecular weight is 754 g/mol. The lowest BCUT2D eigenvalue weighted by Gasteiger charge is -2.38. The predicted molar refractivity (Wildman–Crippen MR) is 194 cm³/mol. The maximum absolute atomic E-state index is 15.6. The molecule has 2 aromatic heterocycles. The van der Waals surface area contributed by atoms with Crippen LogP contribution in [0.15, 0.2) is 36.5 Å². The number of carbonyl (C=O) groups is 3. The van der Waals surface area contributed by atoms with Crippen LogP contribution < -0.4 is 5.32 Å². The summed E-state index contributed by atoms with van der Waals surface area (Å²) in [6.45, 7) is 6.33. The zero-order valence-corrected chi connectivity index (χ0v) is 31.4. The number of benzene rings is 2. The normalized spacial score (nSPS) is 18.5. The molecule has 0 radical (unpaired) electrons. The smallest absolute Gasteiger partial charge is 0.291 e. The van der Waals surface area contributed by atoms with Crippen LogP contribution in [0.3, 0.4) is 0 Å². The maximum atomic E-state index is 15.6. The molecule has 0 bridgehead atoms.